The molecule has 6 atom stereocenters. The van der Waals surface area contributed by atoms with Crippen molar-refractivity contribution in [1.82, 2.24) is 0 Å². The average molecular weight is 333 g/mol. The second-order valence-electron chi connectivity index (χ2n) is 4.87. The van der Waals surface area contributed by atoms with Crippen LogP contribution in [0.25, 0.3) is 0 Å². The maximum Gasteiger partial charge on any atom is 0.397 e. The third-order valence-electron chi connectivity index (χ3n) is 3.29. The average Bonchev–Trinajstić information content (AvgIpc) is 2.60. The van der Waals surface area contributed by atoms with Crippen LogP contribution in [-0.2, 0) is 25.5 Å². The minimum absolute atomic E-state index is 0.0299. The summed E-state index contributed by atoms with van der Waals surface area (Å²) >= 11 is 0. The van der Waals surface area contributed by atoms with Crippen molar-refractivity contribution in [1.29, 1.82) is 0 Å². The molecule has 0 amide bonds. The molecule has 2 unspecified atom stereocenters. The molecule has 20 heavy (non-hydrogen) atoms. The summed E-state index contributed by atoms with van der Waals surface area (Å²) in [6.45, 7) is 0.815. The van der Waals surface area contributed by atoms with Crippen molar-refractivity contribution in [2.45, 2.75) is 30.5 Å². The quantitative estimate of drug-likeness (QED) is 0.254. The van der Waals surface area contributed by atoms with Crippen molar-refractivity contribution >= 4 is 21.3 Å². The number of hydrogen-bond acceptors (Lipinski definition) is 7. The first kappa shape index (κ1) is 18.1. The maximum absolute atomic E-state index is 10.6. The summed E-state index contributed by atoms with van der Waals surface area (Å²) in [5.41, 5.74) is 0. The van der Waals surface area contributed by atoms with E-state index in [1.807, 2.05) is 6.92 Å². The summed E-state index contributed by atoms with van der Waals surface area (Å²) in [5, 5.41) is 37.7. The fourth-order valence-corrected chi connectivity index (χ4v) is 5.76. The van der Waals surface area contributed by atoms with Crippen LogP contribution in [0.15, 0.2) is 0 Å². The van der Waals surface area contributed by atoms with Crippen molar-refractivity contribution in [2.24, 2.45) is 5.92 Å². The standard InChI is InChI=1S/C10H20O8S2/c1-6-4-19(9(3-12)10(6)14)5-7(13)8(2-11)18-20(15,16)17/h6-14H,2-5H2,1H3/p+1/t6-,7?,8+,9-,10+,19?/m1/s1. The number of hydrogen-bond donors (Lipinski definition) is 5. The summed E-state index contributed by atoms with van der Waals surface area (Å²) < 4.78 is 34.0. The predicted octanol–water partition coefficient (Wildman–Crippen LogP) is -2.48. The van der Waals surface area contributed by atoms with Crippen LogP contribution in [0.1, 0.15) is 6.92 Å². The summed E-state index contributed by atoms with van der Waals surface area (Å²) in [6.07, 6.45) is -3.47. The lowest BCUT2D eigenvalue weighted by Gasteiger charge is -2.20. The summed E-state index contributed by atoms with van der Waals surface area (Å²) in [4.78, 5) is 0. The van der Waals surface area contributed by atoms with Gasteiger partial charge < -0.3 is 20.4 Å². The fourth-order valence-electron chi connectivity index (χ4n) is 2.23. The van der Waals surface area contributed by atoms with Gasteiger partial charge in [-0.3, -0.25) is 4.55 Å². The van der Waals surface area contributed by atoms with Gasteiger partial charge in [-0.05, 0) is 10.9 Å². The monoisotopic (exact) mass is 333 g/mol. The molecule has 1 aliphatic rings. The first-order valence-corrected chi connectivity index (χ1v) is 9.08. The highest BCUT2D eigenvalue weighted by Crippen LogP contribution is 2.29. The molecular formula is C10H21O8S2+. The van der Waals surface area contributed by atoms with Gasteiger partial charge >= 0.3 is 10.4 Å². The Bertz CT molecular complexity index is 400. The van der Waals surface area contributed by atoms with Crippen LogP contribution < -0.4 is 0 Å². The zero-order valence-electron chi connectivity index (χ0n) is 11.0. The lowest BCUT2D eigenvalue weighted by molar-refractivity contribution is 0.0113. The van der Waals surface area contributed by atoms with Crippen molar-refractivity contribution in [3.63, 3.8) is 0 Å². The molecule has 5 N–H and O–H groups in total. The molecule has 1 fully saturated rings. The smallest absolute Gasteiger partial charge is 0.394 e. The van der Waals surface area contributed by atoms with E-state index >= 15 is 0 Å². The van der Waals surface area contributed by atoms with E-state index in [1.165, 1.54) is 0 Å². The van der Waals surface area contributed by atoms with E-state index in [0.29, 0.717) is 5.75 Å². The minimum Gasteiger partial charge on any atom is -0.394 e. The predicted molar refractivity (Wildman–Crippen MR) is 72.7 cm³/mol. The highest BCUT2D eigenvalue weighted by atomic mass is 32.3. The van der Waals surface area contributed by atoms with E-state index < -0.39 is 46.2 Å². The van der Waals surface area contributed by atoms with E-state index in [0.717, 1.165) is 0 Å². The summed E-state index contributed by atoms with van der Waals surface area (Å²) in [5.74, 6) is 0.638. The van der Waals surface area contributed by atoms with E-state index in [1.54, 1.807) is 0 Å². The Morgan fingerprint density at radius 2 is 2.00 bits per heavy atom. The Labute approximate surface area is 120 Å². The Balaban J connectivity index is 2.66. The molecular weight excluding hydrogens is 312 g/mol. The zero-order valence-corrected chi connectivity index (χ0v) is 12.6. The summed E-state index contributed by atoms with van der Waals surface area (Å²) in [6, 6.07) is 0. The van der Waals surface area contributed by atoms with E-state index in [9.17, 15) is 23.7 Å². The van der Waals surface area contributed by atoms with Crippen molar-refractivity contribution < 1.29 is 37.6 Å². The van der Waals surface area contributed by atoms with E-state index in [2.05, 4.69) is 4.18 Å². The largest absolute Gasteiger partial charge is 0.397 e. The number of aliphatic hydroxyl groups is 4. The van der Waals surface area contributed by atoms with Crippen LogP contribution in [0.2, 0.25) is 0 Å². The highest BCUT2D eigenvalue weighted by molar-refractivity contribution is 7.97. The summed E-state index contributed by atoms with van der Waals surface area (Å²) in [7, 11) is -5.29. The van der Waals surface area contributed by atoms with Crippen molar-refractivity contribution in [3.8, 4) is 0 Å². The Kier molecular flexibility index (Phi) is 6.67. The van der Waals surface area contributed by atoms with Gasteiger partial charge in [0.25, 0.3) is 0 Å². The van der Waals surface area contributed by atoms with Crippen LogP contribution in [0.4, 0.5) is 0 Å². The number of aliphatic hydroxyl groups excluding tert-OH is 4. The van der Waals surface area contributed by atoms with E-state index in [-0.39, 0.29) is 23.5 Å². The maximum atomic E-state index is 10.6. The van der Waals surface area contributed by atoms with E-state index in [4.69, 9.17) is 9.66 Å². The normalized spacial score (nSPS) is 34.1. The molecule has 1 saturated heterocycles. The van der Waals surface area contributed by atoms with Crippen LogP contribution in [-0.4, -0.2) is 81.7 Å². The first-order valence-electron chi connectivity index (χ1n) is 6.09. The lowest BCUT2D eigenvalue weighted by atomic mass is 10.1. The molecule has 0 radical (unpaired) electrons. The second-order valence-corrected chi connectivity index (χ2v) is 8.27. The third-order valence-corrected chi connectivity index (χ3v) is 6.79. The Hall–Kier alpha value is 0.0600. The van der Waals surface area contributed by atoms with Crippen molar-refractivity contribution in [3.05, 3.63) is 0 Å². The van der Waals surface area contributed by atoms with Gasteiger partial charge in [0.1, 0.15) is 29.8 Å². The fraction of sp³-hybridized carbons (Fsp3) is 1.00. The molecule has 1 rings (SSSR count). The molecule has 0 saturated carbocycles. The molecule has 10 heteroatoms. The SMILES string of the molecule is C[C@@H]1C[S+](CC(O)[C@H](CO)OS(=O)(=O)O)[C@H](CO)[C@H]1O. The van der Waals surface area contributed by atoms with Gasteiger partial charge in [0.05, 0.1) is 13.2 Å². The van der Waals surface area contributed by atoms with Crippen molar-refractivity contribution in [2.75, 3.05) is 24.7 Å². The zero-order chi connectivity index (χ0) is 15.5. The van der Waals surface area contributed by atoms with Gasteiger partial charge in [-0.15, -0.1) is 0 Å². The molecule has 1 aliphatic heterocycles. The van der Waals surface area contributed by atoms with Gasteiger partial charge in [-0.1, -0.05) is 6.92 Å². The molecule has 0 aromatic carbocycles. The Morgan fingerprint density at radius 1 is 1.40 bits per heavy atom. The van der Waals surface area contributed by atoms with Gasteiger partial charge in [-0.25, -0.2) is 4.18 Å². The van der Waals surface area contributed by atoms with Gasteiger partial charge in [-0.2, -0.15) is 8.42 Å². The third kappa shape index (κ3) is 4.81. The van der Waals surface area contributed by atoms with Gasteiger partial charge in [0.2, 0.25) is 0 Å². The van der Waals surface area contributed by atoms with Gasteiger partial charge in [0.15, 0.2) is 5.25 Å². The van der Waals surface area contributed by atoms with Crippen LogP contribution in [0.5, 0.6) is 0 Å². The first-order chi connectivity index (χ1) is 9.19. The molecule has 1 heterocycles. The second kappa shape index (κ2) is 7.36. The van der Waals surface area contributed by atoms with Gasteiger partial charge in [0, 0.05) is 5.92 Å². The topological polar surface area (TPSA) is 145 Å². The number of rotatable bonds is 7. The van der Waals surface area contributed by atoms with Crippen LogP contribution >= 0.6 is 0 Å². The molecule has 0 bridgehead atoms. The molecule has 0 aliphatic carbocycles. The van der Waals surface area contributed by atoms with Crippen LogP contribution in [0, 0.1) is 5.92 Å². The Morgan fingerprint density at radius 3 is 2.45 bits per heavy atom. The molecule has 8 nitrogen and oxygen atoms in total. The highest BCUT2D eigenvalue weighted by Gasteiger charge is 2.49. The molecule has 0 aromatic heterocycles. The molecule has 0 aromatic rings. The molecule has 120 valence electrons. The minimum atomic E-state index is -4.77. The van der Waals surface area contributed by atoms with Crippen LogP contribution in [0.3, 0.4) is 0 Å². The lowest BCUT2D eigenvalue weighted by Crippen LogP contribution is -2.42. The molecule has 0 spiro atoms.